The molecule has 2 rings (SSSR count). The van der Waals surface area contributed by atoms with Crippen molar-refractivity contribution >= 4 is 11.3 Å². The van der Waals surface area contributed by atoms with E-state index in [4.69, 9.17) is 0 Å². The van der Waals surface area contributed by atoms with Crippen LogP contribution in [0.2, 0.25) is 0 Å². The number of rotatable bonds is 4. The van der Waals surface area contributed by atoms with Gasteiger partial charge in [0.1, 0.15) is 0 Å². The number of nitrogens with one attached hydrogen (secondary N) is 1. The number of nitrogens with zero attached hydrogens (tertiary/aromatic N) is 1. The van der Waals surface area contributed by atoms with Gasteiger partial charge in [-0.05, 0) is 31.1 Å². The number of aromatic nitrogens is 1. The van der Waals surface area contributed by atoms with E-state index < -0.39 is 5.60 Å². The zero-order valence-corrected chi connectivity index (χ0v) is 11.5. The van der Waals surface area contributed by atoms with E-state index in [9.17, 15) is 5.11 Å². The Morgan fingerprint density at radius 2 is 2.06 bits per heavy atom. The molecule has 0 bridgehead atoms. The van der Waals surface area contributed by atoms with Crippen LogP contribution in [-0.2, 0) is 6.54 Å². The van der Waals surface area contributed by atoms with Crippen LogP contribution >= 0.6 is 11.3 Å². The normalized spacial score (nSPS) is 22.5. The van der Waals surface area contributed by atoms with Crippen molar-refractivity contribution in [3.05, 3.63) is 16.6 Å². The monoisotopic (exact) mass is 254 g/mol. The van der Waals surface area contributed by atoms with Gasteiger partial charge in [-0.2, -0.15) is 0 Å². The molecule has 1 aromatic heterocycles. The summed E-state index contributed by atoms with van der Waals surface area (Å²) in [5.41, 5.74) is 2.80. The molecular weight excluding hydrogens is 232 g/mol. The van der Waals surface area contributed by atoms with Crippen molar-refractivity contribution in [2.75, 3.05) is 6.54 Å². The lowest BCUT2D eigenvalue weighted by Crippen LogP contribution is -2.44. The molecule has 2 N–H and O–H groups in total. The minimum absolute atomic E-state index is 0.404. The molecule has 1 aliphatic carbocycles. The summed E-state index contributed by atoms with van der Waals surface area (Å²) < 4.78 is 0. The quantitative estimate of drug-likeness (QED) is 0.868. The summed E-state index contributed by atoms with van der Waals surface area (Å²) in [6.45, 7) is 6.01. The van der Waals surface area contributed by atoms with Gasteiger partial charge in [-0.3, -0.25) is 0 Å². The summed E-state index contributed by atoms with van der Waals surface area (Å²) in [6.07, 6.45) is 4.04. The van der Waals surface area contributed by atoms with Gasteiger partial charge >= 0.3 is 0 Å². The molecule has 4 heteroatoms. The molecule has 0 radical (unpaired) electrons. The largest absolute Gasteiger partial charge is 0.389 e. The molecular formula is C13H22N2OS. The fourth-order valence-corrected chi connectivity index (χ4v) is 2.88. The highest BCUT2D eigenvalue weighted by molar-refractivity contribution is 7.07. The predicted molar refractivity (Wildman–Crippen MR) is 71.0 cm³/mol. The molecule has 0 amide bonds. The molecule has 1 aliphatic rings. The fraction of sp³-hybridized carbons (Fsp3) is 0.769. The molecule has 1 heterocycles. The minimum Gasteiger partial charge on any atom is -0.389 e. The number of hydrogen-bond acceptors (Lipinski definition) is 4. The maximum absolute atomic E-state index is 10.5. The first-order chi connectivity index (χ1) is 7.99. The first-order valence-corrected chi connectivity index (χ1v) is 7.24. The highest BCUT2D eigenvalue weighted by Crippen LogP contribution is 2.39. The lowest BCUT2D eigenvalue weighted by molar-refractivity contribution is -0.0245. The van der Waals surface area contributed by atoms with Crippen LogP contribution in [0.5, 0.6) is 0 Å². The van der Waals surface area contributed by atoms with Crippen molar-refractivity contribution in [1.82, 2.24) is 10.3 Å². The van der Waals surface area contributed by atoms with Gasteiger partial charge in [-0.15, -0.1) is 11.3 Å². The van der Waals surface area contributed by atoms with Crippen LogP contribution in [0.3, 0.4) is 0 Å². The second kappa shape index (κ2) is 5.04. The Morgan fingerprint density at radius 1 is 1.35 bits per heavy atom. The van der Waals surface area contributed by atoms with Crippen molar-refractivity contribution in [2.45, 2.75) is 51.7 Å². The van der Waals surface area contributed by atoms with Crippen LogP contribution in [0, 0.1) is 5.41 Å². The summed E-state index contributed by atoms with van der Waals surface area (Å²) in [5.74, 6) is 0. The van der Waals surface area contributed by atoms with E-state index in [-0.39, 0.29) is 0 Å². The molecule has 0 aliphatic heterocycles. The van der Waals surface area contributed by atoms with E-state index in [0.29, 0.717) is 12.0 Å². The Balaban J connectivity index is 1.75. The summed E-state index contributed by atoms with van der Waals surface area (Å²) in [5, 5.41) is 15.8. The first kappa shape index (κ1) is 13.0. The maximum atomic E-state index is 10.5. The summed E-state index contributed by atoms with van der Waals surface area (Å²) >= 11 is 1.61. The average Bonchev–Trinajstić information content (AvgIpc) is 2.77. The van der Waals surface area contributed by atoms with Gasteiger partial charge in [0.25, 0.3) is 0 Å². The molecule has 0 unspecified atom stereocenters. The first-order valence-electron chi connectivity index (χ1n) is 6.29. The molecule has 1 fully saturated rings. The zero-order chi connectivity index (χ0) is 12.4. The Morgan fingerprint density at radius 3 is 2.65 bits per heavy atom. The SMILES string of the molecule is CC1(C)CCC(O)(CNCc2cscn2)CC1. The van der Waals surface area contributed by atoms with Crippen molar-refractivity contribution < 1.29 is 5.11 Å². The van der Waals surface area contributed by atoms with Crippen LogP contribution in [0.25, 0.3) is 0 Å². The Hall–Kier alpha value is -0.450. The van der Waals surface area contributed by atoms with Crippen LogP contribution in [0.4, 0.5) is 0 Å². The second-order valence-corrected chi connectivity index (χ2v) is 6.69. The van der Waals surface area contributed by atoms with Crippen molar-refractivity contribution in [1.29, 1.82) is 0 Å². The molecule has 0 saturated heterocycles. The fourth-order valence-electron chi connectivity index (χ4n) is 2.32. The number of thiazole rings is 1. The molecule has 0 atom stereocenters. The van der Waals surface area contributed by atoms with Crippen molar-refractivity contribution in [3.8, 4) is 0 Å². The summed E-state index contributed by atoms with van der Waals surface area (Å²) in [6, 6.07) is 0. The molecule has 17 heavy (non-hydrogen) atoms. The van der Waals surface area contributed by atoms with E-state index in [1.807, 2.05) is 10.9 Å². The van der Waals surface area contributed by atoms with Gasteiger partial charge in [0.05, 0.1) is 16.8 Å². The summed E-state index contributed by atoms with van der Waals surface area (Å²) in [7, 11) is 0. The summed E-state index contributed by atoms with van der Waals surface area (Å²) in [4.78, 5) is 4.22. The molecule has 1 saturated carbocycles. The molecule has 0 aromatic carbocycles. The van der Waals surface area contributed by atoms with Crippen LogP contribution in [0.1, 0.15) is 45.2 Å². The lowest BCUT2D eigenvalue weighted by Gasteiger charge is -2.40. The van der Waals surface area contributed by atoms with Crippen LogP contribution in [-0.4, -0.2) is 22.2 Å². The third-order valence-corrected chi connectivity index (χ3v) is 4.41. The third-order valence-electron chi connectivity index (χ3n) is 3.78. The molecule has 96 valence electrons. The molecule has 3 nitrogen and oxygen atoms in total. The van der Waals surface area contributed by atoms with Gasteiger partial charge in [0, 0.05) is 18.5 Å². The van der Waals surface area contributed by atoms with E-state index in [1.54, 1.807) is 11.3 Å². The molecule has 1 aromatic rings. The Labute approximate surface area is 107 Å². The van der Waals surface area contributed by atoms with Crippen molar-refractivity contribution in [2.24, 2.45) is 5.41 Å². The lowest BCUT2D eigenvalue weighted by atomic mass is 9.71. The van der Waals surface area contributed by atoms with E-state index in [1.165, 1.54) is 0 Å². The highest BCUT2D eigenvalue weighted by Gasteiger charge is 2.36. The van der Waals surface area contributed by atoms with Gasteiger partial charge in [0.15, 0.2) is 0 Å². The van der Waals surface area contributed by atoms with E-state index in [2.05, 4.69) is 24.1 Å². The van der Waals surface area contributed by atoms with Gasteiger partial charge in [0.2, 0.25) is 0 Å². The smallest absolute Gasteiger partial charge is 0.0795 e. The Kier molecular flexibility index (Phi) is 3.85. The van der Waals surface area contributed by atoms with Crippen LogP contribution in [0.15, 0.2) is 10.9 Å². The highest BCUT2D eigenvalue weighted by atomic mass is 32.1. The standard InChI is InChI=1S/C13H22N2OS/c1-12(2)3-5-13(16,6-4-12)9-14-7-11-8-17-10-15-11/h8,10,14,16H,3-7,9H2,1-2H3. The van der Waals surface area contributed by atoms with Gasteiger partial charge in [-0.1, -0.05) is 13.8 Å². The second-order valence-electron chi connectivity index (χ2n) is 5.97. The maximum Gasteiger partial charge on any atom is 0.0795 e. The number of hydrogen-bond donors (Lipinski definition) is 2. The predicted octanol–water partition coefficient (Wildman–Crippen LogP) is 2.56. The Bertz CT molecular complexity index is 338. The molecule has 0 spiro atoms. The van der Waals surface area contributed by atoms with Crippen molar-refractivity contribution in [3.63, 3.8) is 0 Å². The van der Waals surface area contributed by atoms with E-state index in [0.717, 1.165) is 37.9 Å². The van der Waals surface area contributed by atoms with Gasteiger partial charge in [-0.25, -0.2) is 4.98 Å². The van der Waals surface area contributed by atoms with E-state index >= 15 is 0 Å². The third kappa shape index (κ3) is 3.76. The average molecular weight is 254 g/mol. The van der Waals surface area contributed by atoms with Gasteiger partial charge < -0.3 is 10.4 Å². The topological polar surface area (TPSA) is 45.1 Å². The number of aliphatic hydroxyl groups is 1. The minimum atomic E-state index is -0.508. The van der Waals surface area contributed by atoms with Crippen LogP contribution < -0.4 is 5.32 Å². The zero-order valence-electron chi connectivity index (χ0n) is 10.7.